The summed E-state index contributed by atoms with van der Waals surface area (Å²) < 4.78 is 0. The van der Waals surface area contributed by atoms with Gasteiger partial charge in [-0.1, -0.05) is 44.2 Å². The lowest BCUT2D eigenvalue weighted by molar-refractivity contribution is 0.549. The second-order valence-electron chi connectivity index (χ2n) is 6.07. The van der Waals surface area contributed by atoms with Crippen molar-refractivity contribution in [2.45, 2.75) is 64.5 Å². The van der Waals surface area contributed by atoms with Crippen LogP contribution in [0.15, 0.2) is 12.3 Å². The first-order chi connectivity index (χ1) is 10.2. The van der Waals surface area contributed by atoms with Gasteiger partial charge >= 0.3 is 0 Å². The molecule has 0 unspecified atom stereocenters. The molecular formula is C17H28ClN3. The van der Waals surface area contributed by atoms with Gasteiger partial charge in [0.05, 0.1) is 5.02 Å². The summed E-state index contributed by atoms with van der Waals surface area (Å²) in [5.41, 5.74) is 1.15. The van der Waals surface area contributed by atoms with Crippen LogP contribution in [0.1, 0.15) is 57.4 Å². The zero-order valence-corrected chi connectivity index (χ0v) is 14.1. The number of hydrogen-bond donors (Lipinski definition) is 1. The Morgan fingerprint density at radius 1 is 1.29 bits per heavy atom. The van der Waals surface area contributed by atoms with Crippen LogP contribution in [0.25, 0.3) is 0 Å². The first-order valence-corrected chi connectivity index (χ1v) is 8.68. The number of rotatable bonds is 6. The van der Waals surface area contributed by atoms with E-state index in [0.29, 0.717) is 6.04 Å². The Labute approximate surface area is 134 Å². The molecule has 1 aliphatic rings. The largest absolute Gasteiger partial charge is 0.357 e. The highest BCUT2D eigenvalue weighted by molar-refractivity contribution is 6.31. The van der Waals surface area contributed by atoms with Crippen LogP contribution in [0.5, 0.6) is 0 Å². The topological polar surface area (TPSA) is 28.2 Å². The third-order valence-corrected chi connectivity index (χ3v) is 4.74. The fraction of sp³-hybridized carbons (Fsp3) is 0.706. The van der Waals surface area contributed by atoms with Gasteiger partial charge in [0.2, 0.25) is 0 Å². The third-order valence-electron chi connectivity index (χ3n) is 4.40. The Hall–Kier alpha value is -0.800. The van der Waals surface area contributed by atoms with Gasteiger partial charge in [0.15, 0.2) is 0 Å². The maximum Gasteiger partial charge on any atom is 0.128 e. The molecule has 1 aromatic heterocycles. The predicted molar refractivity (Wildman–Crippen MR) is 91.1 cm³/mol. The van der Waals surface area contributed by atoms with Crippen molar-refractivity contribution in [2.24, 2.45) is 0 Å². The van der Waals surface area contributed by atoms with E-state index < -0.39 is 0 Å². The smallest absolute Gasteiger partial charge is 0.128 e. The summed E-state index contributed by atoms with van der Waals surface area (Å²) in [5.74, 6) is 1.06. The van der Waals surface area contributed by atoms with Crippen LogP contribution < -0.4 is 10.2 Å². The average molecular weight is 310 g/mol. The first kappa shape index (κ1) is 16.6. The van der Waals surface area contributed by atoms with E-state index >= 15 is 0 Å². The molecule has 3 nitrogen and oxygen atoms in total. The van der Waals surface area contributed by atoms with Crippen LogP contribution in [-0.4, -0.2) is 24.6 Å². The average Bonchev–Trinajstić information content (AvgIpc) is 2.78. The van der Waals surface area contributed by atoms with Gasteiger partial charge in [-0.2, -0.15) is 0 Å². The first-order valence-electron chi connectivity index (χ1n) is 8.30. The molecule has 1 N–H and O–H groups in total. The van der Waals surface area contributed by atoms with Gasteiger partial charge in [-0.15, -0.1) is 0 Å². The molecule has 0 aliphatic heterocycles. The van der Waals surface area contributed by atoms with Crippen molar-refractivity contribution in [1.82, 2.24) is 10.3 Å². The van der Waals surface area contributed by atoms with Gasteiger partial charge in [-0.25, -0.2) is 4.98 Å². The van der Waals surface area contributed by atoms with Crippen molar-refractivity contribution in [1.29, 1.82) is 0 Å². The van der Waals surface area contributed by atoms with Crippen LogP contribution in [0.3, 0.4) is 0 Å². The molecule has 0 saturated heterocycles. The molecule has 0 atom stereocenters. The Morgan fingerprint density at radius 2 is 2.00 bits per heavy atom. The van der Waals surface area contributed by atoms with E-state index in [2.05, 4.69) is 35.2 Å². The Bertz CT molecular complexity index is 428. The summed E-state index contributed by atoms with van der Waals surface area (Å²) in [7, 11) is 2.18. The molecule has 0 bridgehead atoms. The van der Waals surface area contributed by atoms with Crippen LogP contribution >= 0.6 is 11.6 Å². The summed E-state index contributed by atoms with van der Waals surface area (Å²) in [6, 6.07) is 2.77. The van der Waals surface area contributed by atoms with E-state index in [4.69, 9.17) is 11.6 Å². The fourth-order valence-corrected chi connectivity index (χ4v) is 3.20. The summed E-state index contributed by atoms with van der Waals surface area (Å²) in [6.07, 6.45) is 10.9. The van der Waals surface area contributed by atoms with Crippen LogP contribution in [0.4, 0.5) is 5.82 Å². The molecule has 1 heterocycles. The number of nitrogens with one attached hydrogen (secondary N) is 1. The number of halogens is 1. The minimum absolute atomic E-state index is 0.623. The van der Waals surface area contributed by atoms with E-state index in [1.54, 1.807) is 6.20 Å². The molecule has 1 fully saturated rings. The van der Waals surface area contributed by atoms with E-state index in [1.165, 1.54) is 38.5 Å². The van der Waals surface area contributed by atoms with Crippen molar-refractivity contribution >= 4 is 17.4 Å². The van der Waals surface area contributed by atoms with Crippen molar-refractivity contribution in [3.05, 3.63) is 22.8 Å². The monoisotopic (exact) mass is 309 g/mol. The highest BCUT2D eigenvalue weighted by Crippen LogP contribution is 2.26. The van der Waals surface area contributed by atoms with Gasteiger partial charge in [0.25, 0.3) is 0 Å². The molecule has 0 radical (unpaired) electrons. The maximum absolute atomic E-state index is 6.27. The van der Waals surface area contributed by atoms with Crippen molar-refractivity contribution in [2.75, 3.05) is 18.5 Å². The number of pyridine rings is 1. The van der Waals surface area contributed by atoms with Crippen LogP contribution in [-0.2, 0) is 6.54 Å². The van der Waals surface area contributed by atoms with Crippen molar-refractivity contribution < 1.29 is 0 Å². The molecule has 0 spiro atoms. The SMILES string of the molecule is CCCNCc1cc(N(C)C2CCCCCC2)ncc1Cl. The summed E-state index contributed by atoms with van der Waals surface area (Å²) in [4.78, 5) is 6.89. The second kappa shape index (κ2) is 8.60. The van der Waals surface area contributed by atoms with Crippen LogP contribution in [0.2, 0.25) is 5.02 Å². The molecule has 1 saturated carbocycles. The molecular weight excluding hydrogens is 282 g/mol. The Morgan fingerprint density at radius 3 is 2.67 bits per heavy atom. The molecule has 21 heavy (non-hydrogen) atoms. The quantitative estimate of drug-likeness (QED) is 0.624. The number of nitrogens with zero attached hydrogens (tertiary/aromatic N) is 2. The number of hydrogen-bond acceptors (Lipinski definition) is 3. The lowest BCUT2D eigenvalue weighted by Crippen LogP contribution is -2.32. The number of anilines is 1. The van der Waals surface area contributed by atoms with E-state index in [0.717, 1.165) is 35.9 Å². The highest BCUT2D eigenvalue weighted by atomic mass is 35.5. The number of aromatic nitrogens is 1. The molecule has 4 heteroatoms. The van der Waals surface area contributed by atoms with Gasteiger partial charge in [-0.3, -0.25) is 0 Å². The molecule has 0 amide bonds. The molecule has 0 aromatic carbocycles. The summed E-state index contributed by atoms with van der Waals surface area (Å²) >= 11 is 6.27. The normalized spacial score (nSPS) is 16.7. The van der Waals surface area contributed by atoms with Crippen molar-refractivity contribution in [3.8, 4) is 0 Å². The van der Waals surface area contributed by atoms with Gasteiger partial charge in [0.1, 0.15) is 5.82 Å². The lowest BCUT2D eigenvalue weighted by atomic mass is 10.1. The van der Waals surface area contributed by atoms with Gasteiger partial charge < -0.3 is 10.2 Å². The minimum Gasteiger partial charge on any atom is -0.357 e. The highest BCUT2D eigenvalue weighted by Gasteiger charge is 2.18. The van der Waals surface area contributed by atoms with E-state index in [1.807, 2.05) is 0 Å². The zero-order chi connectivity index (χ0) is 15.1. The van der Waals surface area contributed by atoms with E-state index in [-0.39, 0.29) is 0 Å². The summed E-state index contributed by atoms with van der Waals surface area (Å²) in [5, 5.41) is 4.18. The molecule has 2 rings (SSSR count). The predicted octanol–water partition coefficient (Wildman–Crippen LogP) is 4.39. The van der Waals surface area contributed by atoms with Gasteiger partial charge in [-0.05, 0) is 37.4 Å². The van der Waals surface area contributed by atoms with E-state index in [9.17, 15) is 0 Å². The second-order valence-corrected chi connectivity index (χ2v) is 6.47. The molecule has 1 aliphatic carbocycles. The third kappa shape index (κ3) is 4.86. The Kier molecular flexibility index (Phi) is 6.78. The standard InChI is InChI=1S/C17H28ClN3/c1-3-10-19-12-14-11-17(20-13-16(14)18)21(2)15-8-6-4-5-7-9-15/h11,13,15,19H,3-10,12H2,1-2H3. The lowest BCUT2D eigenvalue weighted by Gasteiger charge is -2.28. The molecule has 1 aromatic rings. The van der Waals surface area contributed by atoms with Gasteiger partial charge in [0, 0.05) is 25.8 Å². The Balaban J connectivity index is 2.05. The summed E-state index contributed by atoms with van der Waals surface area (Å²) in [6.45, 7) is 4.01. The zero-order valence-electron chi connectivity index (χ0n) is 13.4. The maximum atomic E-state index is 6.27. The van der Waals surface area contributed by atoms with Crippen molar-refractivity contribution in [3.63, 3.8) is 0 Å². The molecule has 118 valence electrons. The minimum atomic E-state index is 0.623. The van der Waals surface area contributed by atoms with Crippen LogP contribution in [0, 0.1) is 0 Å². The fourth-order valence-electron chi connectivity index (χ4n) is 3.03.